The molecule has 1 fully saturated rings. The van der Waals surface area contributed by atoms with E-state index in [1.807, 2.05) is 0 Å². The lowest BCUT2D eigenvalue weighted by molar-refractivity contribution is 0.0939. The van der Waals surface area contributed by atoms with E-state index in [-0.39, 0.29) is 21.8 Å². The maximum atomic E-state index is 12.3. The average molecular weight is 395 g/mol. The number of nitrogens with one attached hydrogen (secondary N) is 1. The zero-order valence-electron chi connectivity index (χ0n) is 11.8. The standard InChI is InChI=1S/C14H17BrClNO3S/c1-9(2)14(5-6-14)8-17-13(18)11-7-10(21(16,19)20)3-4-12(11)15/h3-4,7,9H,5-6,8H2,1-2H3,(H,17,18). The summed E-state index contributed by atoms with van der Waals surface area (Å²) < 4.78 is 23.2. The third-order valence-electron chi connectivity index (χ3n) is 4.18. The van der Waals surface area contributed by atoms with Crippen LogP contribution < -0.4 is 5.32 Å². The highest BCUT2D eigenvalue weighted by molar-refractivity contribution is 9.10. The van der Waals surface area contributed by atoms with E-state index >= 15 is 0 Å². The maximum Gasteiger partial charge on any atom is 0.261 e. The largest absolute Gasteiger partial charge is 0.351 e. The molecule has 1 amide bonds. The van der Waals surface area contributed by atoms with Crippen LogP contribution in [0.4, 0.5) is 0 Å². The molecule has 116 valence electrons. The van der Waals surface area contributed by atoms with Crippen molar-refractivity contribution in [3.05, 3.63) is 28.2 Å². The molecule has 21 heavy (non-hydrogen) atoms. The Kier molecular flexibility index (Phi) is 4.71. The molecule has 1 aromatic rings. The van der Waals surface area contributed by atoms with Gasteiger partial charge in [-0.05, 0) is 58.3 Å². The van der Waals surface area contributed by atoms with Crippen molar-refractivity contribution in [2.45, 2.75) is 31.6 Å². The van der Waals surface area contributed by atoms with Crippen molar-refractivity contribution in [3.63, 3.8) is 0 Å². The Labute approximate surface area is 137 Å². The van der Waals surface area contributed by atoms with E-state index in [1.54, 1.807) is 0 Å². The van der Waals surface area contributed by atoms with Crippen LogP contribution in [0, 0.1) is 11.3 Å². The van der Waals surface area contributed by atoms with E-state index in [0.717, 1.165) is 12.8 Å². The van der Waals surface area contributed by atoms with Crippen molar-refractivity contribution in [1.29, 1.82) is 0 Å². The van der Waals surface area contributed by atoms with Gasteiger partial charge in [-0.15, -0.1) is 0 Å². The van der Waals surface area contributed by atoms with E-state index in [9.17, 15) is 13.2 Å². The van der Waals surface area contributed by atoms with Crippen molar-refractivity contribution in [3.8, 4) is 0 Å². The molecule has 2 rings (SSSR count). The molecule has 1 N–H and O–H groups in total. The second-order valence-electron chi connectivity index (χ2n) is 5.78. The van der Waals surface area contributed by atoms with Crippen LogP contribution in [-0.2, 0) is 9.05 Å². The summed E-state index contributed by atoms with van der Waals surface area (Å²) in [6, 6.07) is 4.16. The van der Waals surface area contributed by atoms with Crippen molar-refractivity contribution >= 4 is 41.6 Å². The molecule has 1 aromatic carbocycles. The first-order valence-corrected chi connectivity index (χ1v) is 9.78. The maximum absolute atomic E-state index is 12.3. The average Bonchev–Trinajstić information content (AvgIpc) is 3.16. The van der Waals surface area contributed by atoms with Crippen molar-refractivity contribution < 1.29 is 13.2 Å². The highest BCUT2D eigenvalue weighted by Gasteiger charge is 2.45. The van der Waals surface area contributed by atoms with Gasteiger partial charge in [-0.25, -0.2) is 8.42 Å². The lowest BCUT2D eigenvalue weighted by atomic mass is 9.92. The number of halogens is 2. The Morgan fingerprint density at radius 1 is 1.43 bits per heavy atom. The van der Waals surface area contributed by atoms with Crippen LogP contribution in [0.25, 0.3) is 0 Å². The first-order chi connectivity index (χ1) is 9.66. The summed E-state index contributed by atoms with van der Waals surface area (Å²) in [5.74, 6) is 0.215. The van der Waals surface area contributed by atoms with Gasteiger partial charge in [0.25, 0.3) is 15.0 Å². The number of benzene rings is 1. The Hall–Kier alpha value is -0.590. The molecule has 0 atom stereocenters. The zero-order valence-corrected chi connectivity index (χ0v) is 15.0. The molecule has 0 spiro atoms. The second kappa shape index (κ2) is 5.89. The summed E-state index contributed by atoms with van der Waals surface area (Å²) in [6.07, 6.45) is 2.23. The van der Waals surface area contributed by atoms with E-state index in [2.05, 4.69) is 35.1 Å². The van der Waals surface area contributed by atoms with Crippen LogP contribution in [0.3, 0.4) is 0 Å². The predicted octanol–water partition coefficient (Wildman–Crippen LogP) is 3.54. The molecule has 7 heteroatoms. The van der Waals surface area contributed by atoms with Crippen molar-refractivity contribution in [2.75, 3.05) is 6.54 Å². The van der Waals surface area contributed by atoms with Crippen LogP contribution >= 0.6 is 26.6 Å². The van der Waals surface area contributed by atoms with Crippen molar-refractivity contribution in [1.82, 2.24) is 5.32 Å². The van der Waals surface area contributed by atoms with Gasteiger partial charge in [0, 0.05) is 21.7 Å². The summed E-state index contributed by atoms with van der Waals surface area (Å²) >= 11 is 3.26. The van der Waals surface area contributed by atoms with Gasteiger partial charge in [0.05, 0.1) is 10.5 Å². The lowest BCUT2D eigenvalue weighted by Crippen LogP contribution is -2.32. The predicted molar refractivity (Wildman–Crippen MR) is 86.0 cm³/mol. The van der Waals surface area contributed by atoms with Gasteiger partial charge in [-0.1, -0.05) is 13.8 Å². The smallest absolute Gasteiger partial charge is 0.261 e. The lowest BCUT2D eigenvalue weighted by Gasteiger charge is -2.20. The molecule has 1 aliphatic carbocycles. The topological polar surface area (TPSA) is 63.2 Å². The molecule has 1 aliphatic rings. The molecular formula is C14H17BrClNO3S. The zero-order chi connectivity index (χ0) is 15.8. The second-order valence-corrected chi connectivity index (χ2v) is 9.20. The Morgan fingerprint density at radius 2 is 2.05 bits per heavy atom. The molecular weight excluding hydrogens is 378 g/mol. The summed E-state index contributed by atoms with van der Waals surface area (Å²) in [5, 5.41) is 2.90. The van der Waals surface area contributed by atoms with Gasteiger partial charge in [-0.3, -0.25) is 4.79 Å². The minimum absolute atomic E-state index is 0.0810. The Morgan fingerprint density at radius 3 is 2.52 bits per heavy atom. The molecule has 1 saturated carbocycles. The number of carbonyl (C=O) groups excluding carboxylic acids is 1. The SMILES string of the molecule is CC(C)C1(CNC(=O)c2cc(S(=O)(=O)Cl)ccc2Br)CC1. The highest BCUT2D eigenvalue weighted by Crippen LogP contribution is 2.51. The van der Waals surface area contributed by atoms with E-state index in [4.69, 9.17) is 10.7 Å². The van der Waals surface area contributed by atoms with Gasteiger partial charge >= 0.3 is 0 Å². The van der Waals surface area contributed by atoms with Crippen LogP contribution in [0.5, 0.6) is 0 Å². The molecule has 0 unspecified atom stereocenters. The van der Waals surface area contributed by atoms with Crippen molar-refractivity contribution in [2.24, 2.45) is 11.3 Å². The molecule has 0 aromatic heterocycles. The van der Waals surface area contributed by atoms with Gasteiger partial charge < -0.3 is 5.32 Å². The molecule has 0 radical (unpaired) electrons. The van der Waals surface area contributed by atoms with Gasteiger partial charge in [0.2, 0.25) is 0 Å². The minimum atomic E-state index is -3.85. The molecule has 0 aliphatic heterocycles. The molecule has 0 saturated heterocycles. The highest BCUT2D eigenvalue weighted by atomic mass is 79.9. The third kappa shape index (κ3) is 3.79. The van der Waals surface area contributed by atoms with E-state index < -0.39 is 9.05 Å². The van der Waals surface area contributed by atoms with E-state index in [1.165, 1.54) is 18.2 Å². The number of carbonyl (C=O) groups is 1. The van der Waals surface area contributed by atoms with Crippen LogP contribution in [0.1, 0.15) is 37.0 Å². The van der Waals surface area contributed by atoms with Gasteiger partial charge in [0.1, 0.15) is 0 Å². The Balaban J connectivity index is 2.16. The number of hydrogen-bond acceptors (Lipinski definition) is 3. The quantitative estimate of drug-likeness (QED) is 0.777. The van der Waals surface area contributed by atoms with E-state index in [0.29, 0.717) is 16.9 Å². The molecule has 0 bridgehead atoms. The van der Waals surface area contributed by atoms with Crippen LogP contribution in [0.2, 0.25) is 0 Å². The van der Waals surface area contributed by atoms with Crippen LogP contribution in [0.15, 0.2) is 27.6 Å². The Bertz CT molecular complexity index is 669. The minimum Gasteiger partial charge on any atom is -0.351 e. The number of rotatable bonds is 5. The first-order valence-electron chi connectivity index (χ1n) is 6.68. The monoisotopic (exact) mass is 393 g/mol. The summed E-state index contributed by atoms with van der Waals surface area (Å²) in [6.45, 7) is 4.90. The fourth-order valence-electron chi connectivity index (χ4n) is 2.30. The normalized spacial score (nSPS) is 16.8. The van der Waals surface area contributed by atoms with Gasteiger partial charge in [-0.2, -0.15) is 0 Å². The van der Waals surface area contributed by atoms with Crippen LogP contribution in [-0.4, -0.2) is 20.9 Å². The summed E-state index contributed by atoms with van der Waals surface area (Å²) in [7, 11) is 1.47. The number of hydrogen-bond donors (Lipinski definition) is 1. The van der Waals surface area contributed by atoms with Gasteiger partial charge in [0.15, 0.2) is 0 Å². The fourth-order valence-corrected chi connectivity index (χ4v) is 3.50. The number of amides is 1. The molecule has 4 nitrogen and oxygen atoms in total. The molecule has 0 heterocycles. The summed E-state index contributed by atoms with van der Waals surface area (Å²) in [4.78, 5) is 12.2. The first kappa shape index (κ1) is 16.8. The fraction of sp³-hybridized carbons (Fsp3) is 0.500. The third-order valence-corrected chi connectivity index (χ3v) is 6.23. The summed E-state index contributed by atoms with van der Waals surface area (Å²) in [5.41, 5.74) is 0.467.